The van der Waals surface area contributed by atoms with Gasteiger partial charge < -0.3 is 5.73 Å². The van der Waals surface area contributed by atoms with Crippen LogP contribution in [0.2, 0.25) is 0 Å². The van der Waals surface area contributed by atoms with E-state index in [1.165, 1.54) is 16.4 Å². The Labute approximate surface area is 132 Å². The fraction of sp³-hybridized carbons (Fsp3) is 0.571. The second-order valence-corrected chi connectivity index (χ2v) is 7.42. The largest absolute Gasteiger partial charge is 0.328 e. The van der Waals surface area contributed by atoms with Gasteiger partial charge in [0, 0.05) is 19.1 Å². The van der Waals surface area contributed by atoms with Gasteiger partial charge in [-0.25, -0.2) is 12.8 Å². The maximum absolute atomic E-state index is 13.3. The van der Waals surface area contributed by atoms with Crippen LogP contribution in [0.1, 0.15) is 25.3 Å². The van der Waals surface area contributed by atoms with Crippen LogP contribution < -0.4 is 5.73 Å². The lowest BCUT2D eigenvalue weighted by Crippen LogP contribution is -2.42. The second-order valence-electron chi connectivity index (χ2n) is 5.51. The normalized spacial score (nSPS) is 19.0. The summed E-state index contributed by atoms with van der Waals surface area (Å²) in [6, 6.07) is 3.95. The van der Waals surface area contributed by atoms with Crippen LogP contribution >= 0.6 is 12.4 Å². The van der Waals surface area contributed by atoms with Gasteiger partial charge in [0.15, 0.2) is 0 Å². The zero-order valence-corrected chi connectivity index (χ0v) is 13.9. The molecule has 0 radical (unpaired) electrons. The van der Waals surface area contributed by atoms with Crippen LogP contribution in [0.4, 0.5) is 4.39 Å². The van der Waals surface area contributed by atoms with Crippen molar-refractivity contribution in [1.82, 2.24) is 4.31 Å². The summed E-state index contributed by atoms with van der Waals surface area (Å²) < 4.78 is 39.9. The molecule has 0 saturated carbocycles. The first-order chi connectivity index (χ1) is 9.32. The average Bonchev–Trinajstić information content (AvgIpc) is 2.41. The van der Waals surface area contributed by atoms with Crippen LogP contribution in [0.15, 0.2) is 23.1 Å². The van der Waals surface area contributed by atoms with Crippen molar-refractivity contribution in [2.45, 2.75) is 37.6 Å². The smallest absolute Gasteiger partial charge is 0.243 e. The van der Waals surface area contributed by atoms with Crippen molar-refractivity contribution < 1.29 is 12.8 Å². The molecule has 2 rings (SSSR count). The van der Waals surface area contributed by atoms with Crippen LogP contribution in [-0.4, -0.2) is 31.9 Å². The van der Waals surface area contributed by atoms with Gasteiger partial charge in [-0.15, -0.1) is 12.4 Å². The zero-order chi connectivity index (χ0) is 14.9. The molecule has 0 aliphatic carbocycles. The van der Waals surface area contributed by atoms with Crippen LogP contribution in [0.3, 0.4) is 0 Å². The van der Waals surface area contributed by atoms with E-state index in [0.717, 1.165) is 18.9 Å². The molecule has 0 amide bonds. The van der Waals surface area contributed by atoms with Gasteiger partial charge in [-0.2, -0.15) is 4.31 Å². The van der Waals surface area contributed by atoms with Crippen LogP contribution in [0.25, 0.3) is 0 Å². The summed E-state index contributed by atoms with van der Waals surface area (Å²) in [6.45, 7) is 4.53. The molecule has 7 heteroatoms. The molecule has 21 heavy (non-hydrogen) atoms. The number of halogens is 2. The minimum absolute atomic E-state index is 0. The minimum Gasteiger partial charge on any atom is -0.328 e. The van der Waals surface area contributed by atoms with Gasteiger partial charge in [0.25, 0.3) is 0 Å². The van der Waals surface area contributed by atoms with E-state index < -0.39 is 15.8 Å². The van der Waals surface area contributed by atoms with Gasteiger partial charge >= 0.3 is 0 Å². The highest BCUT2D eigenvalue weighted by Gasteiger charge is 2.31. The first-order valence-electron chi connectivity index (χ1n) is 6.84. The Morgan fingerprint density at radius 1 is 1.33 bits per heavy atom. The monoisotopic (exact) mass is 336 g/mol. The van der Waals surface area contributed by atoms with Crippen LogP contribution in [0.5, 0.6) is 0 Å². The Bertz CT molecular complexity index is 585. The third-order valence-electron chi connectivity index (χ3n) is 4.01. The Morgan fingerprint density at radius 3 is 2.43 bits per heavy atom. The van der Waals surface area contributed by atoms with E-state index in [1.807, 2.05) is 6.92 Å². The van der Waals surface area contributed by atoms with E-state index in [1.54, 1.807) is 6.92 Å². The fourth-order valence-electron chi connectivity index (χ4n) is 2.63. The molecule has 0 aromatic heterocycles. The Morgan fingerprint density at radius 2 is 1.90 bits per heavy atom. The Hall–Kier alpha value is -0.690. The summed E-state index contributed by atoms with van der Waals surface area (Å²) in [5, 5.41) is 0. The highest BCUT2D eigenvalue weighted by Crippen LogP contribution is 2.27. The summed E-state index contributed by atoms with van der Waals surface area (Å²) in [5.74, 6) is -0.172. The van der Waals surface area contributed by atoms with Crippen molar-refractivity contribution in [2.75, 3.05) is 13.1 Å². The number of nitrogens with two attached hydrogens (primary N) is 1. The number of nitrogens with zero attached hydrogens (tertiary/aromatic N) is 1. The van der Waals surface area contributed by atoms with Gasteiger partial charge in [-0.05, 0) is 50.3 Å². The average molecular weight is 337 g/mol. The van der Waals surface area contributed by atoms with E-state index >= 15 is 0 Å². The molecule has 2 N–H and O–H groups in total. The zero-order valence-electron chi connectivity index (χ0n) is 12.3. The predicted molar refractivity (Wildman–Crippen MR) is 83.5 cm³/mol. The van der Waals surface area contributed by atoms with Crippen LogP contribution in [0, 0.1) is 18.7 Å². The van der Waals surface area contributed by atoms with Crippen molar-refractivity contribution in [2.24, 2.45) is 11.7 Å². The molecular weight excluding hydrogens is 315 g/mol. The predicted octanol–water partition coefficient (Wildman–Crippen LogP) is 2.30. The molecule has 120 valence electrons. The number of hydrogen-bond donors (Lipinski definition) is 1. The van der Waals surface area contributed by atoms with Gasteiger partial charge in [0.05, 0.1) is 4.90 Å². The standard InChI is InChI=1S/C14H21FN2O2S.ClH/c1-10-3-4-13(15)9-14(10)20(18,19)17-7-5-12(6-8-17)11(2)16;/h3-4,9,11-12H,5-8,16H2,1-2H3;1H. The van der Waals surface area contributed by atoms with Crippen LogP contribution in [-0.2, 0) is 10.0 Å². The summed E-state index contributed by atoms with van der Waals surface area (Å²) in [6.07, 6.45) is 1.51. The molecule has 4 nitrogen and oxygen atoms in total. The molecule has 1 aromatic carbocycles. The van der Waals surface area contributed by atoms with Gasteiger partial charge in [0.2, 0.25) is 10.0 Å². The molecule has 1 unspecified atom stereocenters. The summed E-state index contributed by atoms with van der Waals surface area (Å²) in [7, 11) is -3.61. The number of aryl methyl sites for hydroxylation is 1. The number of benzene rings is 1. The lowest BCUT2D eigenvalue weighted by atomic mass is 9.92. The summed E-state index contributed by atoms with van der Waals surface area (Å²) in [5.41, 5.74) is 6.43. The molecular formula is C14H22ClFN2O2S. The van der Waals surface area contributed by atoms with Gasteiger partial charge in [-0.3, -0.25) is 0 Å². The van der Waals surface area contributed by atoms with E-state index in [-0.39, 0.29) is 23.3 Å². The lowest BCUT2D eigenvalue weighted by molar-refractivity contribution is 0.250. The SMILES string of the molecule is Cc1ccc(F)cc1S(=O)(=O)N1CCC(C(C)N)CC1.Cl. The molecule has 1 atom stereocenters. The van der Waals surface area contributed by atoms with Crippen molar-refractivity contribution in [1.29, 1.82) is 0 Å². The summed E-state index contributed by atoms with van der Waals surface area (Å²) >= 11 is 0. The van der Waals surface area contributed by atoms with E-state index in [9.17, 15) is 12.8 Å². The maximum Gasteiger partial charge on any atom is 0.243 e. The van der Waals surface area contributed by atoms with Crippen molar-refractivity contribution >= 4 is 22.4 Å². The van der Waals surface area contributed by atoms with Crippen molar-refractivity contribution in [3.63, 3.8) is 0 Å². The number of sulfonamides is 1. The highest BCUT2D eigenvalue weighted by atomic mass is 35.5. The number of rotatable bonds is 3. The Balaban J connectivity index is 0.00000220. The molecule has 0 spiro atoms. The molecule has 0 bridgehead atoms. The van der Waals surface area contributed by atoms with E-state index in [0.29, 0.717) is 24.6 Å². The van der Waals surface area contributed by atoms with E-state index in [2.05, 4.69) is 0 Å². The molecule has 1 fully saturated rings. The third kappa shape index (κ3) is 3.94. The molecule has 1 saturated heterocycles. The first kappa shape index (κ1) is 18.4. The number of hydrogen-bond acceptors (Lipinski definition) is 3. The fourth-order valence-corrected chi connectivity index (χ4v) is 4.34. The molecule has 1 heterocycles. The first-order valence-corrected chi connectivity index (χ1v) is 8.28. The van der Waals surface area contributed by atoms with Gasteiger partial charge in [-0.1, -0.05) is 6.07 Å². The number of piperidine rings is 1. The summed E-state index contributed by atoms with van der Waals surface area (Å²) in [4.78, 5) is 0.0664. The van der Waals surface area contributed by atoms with Gasteiger partial charge in [0.1, 0.15) is 5.82 Å². The topological polar surface area (TPSA) is 63.4 Å². The quantitative estimate of drug-likeness (QED) is 0.921. The third-order valence-corrected chi connectivity index (χ3v) is 6.05. The molecule has 1 aliphatic heterocycles. The second kappa shape index (κ2) is 7.05. The van der Waals surface area contributed by atoms with Crippen molar-refractivity contribution in [3.8, 4) is 0 Å². The lowest BCUT2D eigenvalue weighted by Gasteiger charge is -2.33. The molecule has 1 aromatic rings. The Kier molecular flexibility index (Phi) is 6.16. The molecule has 1 aliphatic rings. The van der Waals surface area contributed by atoms with Crippen molar-refractivity contribution in [3.05, 3.63) is 29.6 Å². The van der Waals surface area contributed by atoms with E-state index in [4.69, 9.17) is 5.73 Å². The maximum atomic E-state index is 13.3. The highest BCUT2D eigenvalue weighted by molar-refractivity contribution is 7.89. The minimum atomic E-state index is -3.61.